The van der Waals surface area contributed by atoms with Crippen LogP contribution in [-0.2, 0) is 25.6 Å². The first-order chi connectivity index (χ1) is 12.9. The van der Waals surface area contributed by atoms with Crippen molar-refractivity contribution < 1.29 is 17.7 Å². The lowest BCUT2D eigenvalue weighted by atomic mass is 10.1. The van der Waals surface area contributed by atoms with E-state index in [1.54, 1.807) is 6.07 Å². The standard InChI is InChI=1S/C20H20F3N3O/c1-26(11-10-15-6-3-2-4-7-15)14-19-24-18(25-27-19)13-16-8-5-9-17(12-16)20(21,22)23/h2-9,12H,10-11,13-14H2,1H3. The fourth-order valence-corrected chi connectivity index (χ4v) is 2.74. The number of hydrogen-bond acceptors (Lipinski definition) is 4. The molecule has 142 valence electrons. The molecule has 0 unspecified atom stereocenters. The molecule has 0 amide bonds. The molecule has 0 bridgehead atoms. The fourth-order valence-electron chi connectivity index (χ4n) is 2.74. The van der Waals surface area contributed by atoms with E-state index in [9.17, 15) is 13.2 Å². The van der Waals surface area contributed by atoms with Crippen LogP contribution in [0, 0.1) is 0 Å². The average Bonchev–Trinajstić information content (AvgIpc) is 3.07. The fraction of sp³-hybridized carbons (Fsp3) is 0.300. The van der Waals surface area contributed by atoms with Crippen LogP contribution in [-0.4, -0.2) is 28.6 Å². The third-order valence-corrected chi connectivity index (χ3v) is 4.16. The summed E-state index contributed by atoms with van der Waals surface area (Å²) in [5, 5.41) is 3.88. The maximum Gasteiger partial charge on any atom is 0.416 e. The van der Waals surface area contributed by atoms with Gasteiger partial charge in [0.05, 0.1) is 12.1 Å². The summed E-state index contributed by atoms with van der Waals surface area (Å²) >= 11 is 0. The Hall–Kier alpha value is -2.67. The van der Waals surface area contributed by atoms with Crippen molar-refractivity contribution in [3.05, 3.63) is 83.0 Å². The summed E-state index contributed by atoms with van der Waals surface area (Å²) in [6, 6.07) is 15.3. The second-order valence-corrected chi connectivity index (χ2v) is 6.45. The van der Waals surface area contributed by atoms with Gasteiger partial charge in [-0.3, -0.25) is 4.90 Å². The quantitative estimate of drug-likeness (QED) is 0.616. The largest absolute Gasteiger partial charge is 0.416 e. The molecule has 0 aliphatic rings. The molecule has 3 rings (SSSR count). The van der Waals surface area contributed by atoms with Gasteiger partial charge >= 0.3 is 6.18 Å². The molecule has 0 aliphatic carbocycles. The van der Waals surface area contributed by atoms with E-state index < -0.39 is 11.7 Å². The minimum Gasteiger partial charge on any atom is -0.338 e. The van der Waals surface area contributed by atoms with Crippen LogP contribution in [0.15, 0.2) is 59.1 Å². The highest BCUT2D eigenvalue weighted by Gasteiger charge is 2.30. The number of rotatable bonds is 7. The van der Waals surface area contributed by atoms with Crippen molar-refractivity contribution in [2.45, 2.75) is 25.6 Å². The molecule has 4 nitrogen and oxygen atoms in total. The van der Waals surface area contributed by atoms with Crippen molar-refractivity contribution in [3.8, 4) is 0 Å². The Kier molecular flexibility index (Phi) is 5.91. The lowest BCUT2D eigenvalue weighted by Crippen LogP contribution is -2.20. The minimum atomic E-state index is -4.36. The van der Waals surface area contributed by atoms with Gasteiger partial charge in [-0.15, -0.1) is 0 Å². The molecule has 2 aromatic carbocycles. The zero-order valence-electron chi connectivity index (χ0n) is 14.9. The normalized spacial score (nSPS) is 11.9. The van der Waals surface area contributed by atoms with Gasteiger partial charge in [-0.25, -0.2) is 0 Å². The number of halogens is 3. The van der Waals surface area contributed by atoms with E-state index in [1.807, 2.05) is 25.2 Å². The van der Waals surface area contributed by atoms with Crippen LogP contribution in [0.4, 0.5) is 13.2 Å². The zero-order valence-corrected chi connectivity index (χ0v) is 14.9. The minimum absolute atomic E-state index is 0.196. The van der Waals surface area contributed by atoms with Gasteiger partial charge in [0.25, 0.3) is 0 Å². The lowest BCUT2D eigenvalue weighted by molar-refractivity contribution is -0.137. The smallest absolute Gasteiger partial charge is 0.338 e. The molecule has 3 aromatic rings. The van der Waals surface area contributed by atoms with E-state index in [-0.39, 0.29) is 6.42 Å². The molecule has 0 spiro atoms. The van der Waals surface area contributed by atoms with Crippen LogP contribution in [0.2, 0.25) is 0 Å². The van der Waals surface area contributed by atoms with Gasteiger partial charge in [-0.05, 0) is 30.7 Å². The van der Waals surface area contributed by atoms with Crippen molar-refractivity contribution in [2.24, 2.45) is 0 Å². The molecule has 0 N–H and O–H groups in total. The van der Waals surface area contributed by atoms with Crippen molar-refractivity contribution in [1.82, 2.24) is 15.0 Å². The van der Waals surface area contributed by atoms with Gasteiger partial charge in [0.1, 0.15) is 0 Å². The van der Waals surface area contributed by atoms with E-state index in [2.05, 4.69) is 27.2 Å². The number of likely N-dealkylation sites (N-methyl/N-ethyl adjacent to an activating group) is 1. The van der Waals surface area contributed by atoms with Crippen molar-refractivity contribution >= 4 is 0 Å². The van der Waals surface area contributed by atoms with Crippen molar-refractivity contribution in [3.63, 3.8) is 0 Å². The maximum absolute atomic E-state index is 12.8. The molecular weight excluding hydrogens is 355 g/mol. The van der Waals surface area contributed by atoms with Crippen LogP contribution in [0.1, 0.15) is 28.4 Å². The number of aromatic nitrogens is 2. The first kappa shape index (κ1) is 19.1. The van der Waals surface area contributed by atoms with Crippen LogP contribution in [0.3, 0.4) is 0 Å². The van der Waals surface area contributed by atoms with Gasteiger partial charge in [0, 0.05) is 13.0 Å². The summed E-state index contributed by atoms with van der Waals surface area (Å²) in [4.78, 5) is 6.36. The van der Waals surface area contributed by atoms with E-state index in [0.717, 1.165) is 25.1 Å². The Labute approximate surface area is 155 Å². The summed E-state index contributed by atoms with van der Waals surface area (Å²) in [5.74, 6) is 0.827. The average molecular weight is 375 g/mol. The second-order valence-electron chi connectivity index (χ2n) is 6.45. The monoisotopic (exact) mass is 375 g/mol. The highest BCUT2D eigenvalue weighted by molar-refractivity contribution is 5.27. The zero-order chi connectivity index (χ0) is 19.3. The third kappa shape index (κ3) is 5.65. The Morgan fingerprint density at radius 2 is 1.74 bits per heavy atom. The molecule has 1 heterocycles. The Bertz CT molecular complexity index is 862. The predicted octanol–water partition coefficient (Wildman–Crippen LogP) is 4.35. The molecule has 7 heteroatoms. The highest BCUT2D eigenvalue weighted by atomic mass is 19.4. The van der Waals surface area contributed by atoms with Crippen LogP contribution in [0.5, 0.6) is 0 Å². The molecule has 27 heavy (non-hydrogen) atoms. The molecular formula is C20H20F3N3O. The molecule has 0 fully saturated rings. The highest BCUT2D eigenvalue weighted by Crippen LogP contribution is 2.29. The Morgan fingerprint density at radius 3 is 2.48 bits per heavy atom. The summed E-state index contributed by atoms with van der Waals surface area (Å²) < 4.78 is 43.6. The Morgan fingerprint density at radius 1 is 1.00 bits per heavy atom. The van der Waals surface area contributed by atoms with E-state index in [1.165, 1.54) is 11.6 Å². The first-order valence-corrected chi connectivity index (χ1v) is 8.60. The van der Waals surface area contributed by atoms with Crippen LogP contribution < -0.4 is 0 Å². The number of benzene rings is 2. The van der Waals surface area contributed by atoms with Gasteiger partial charge < -0.3 is 4.52 Å². The van der Waals surface area contributed by atoms with Gasteiger partial charge in [0.15, 0.2) is 5.82 Å². The second kappa shape index (κ2) is 8.35. The summed E-state index contributed by atoms with van der Waals surface area (Å²) in [6.07, 6.45) is -3.26. The number of nitrogens with zero attached hydrogens (tertiary/aromatic N) is 3. The number of alkyl halides is 3. The number of hydrogen-bond donors (Lipinski definition) is 0. The molecule has 1 aromatic heterocycles. The third-order valence-electron chi connectivity index (χ3n) is 4.16. The van der Waals surface area contributed by atoms with E-state index >= 15 is 0 Å². The van der Waals surface area contributed by atoms with Gasteiger partial charge in [0.2, 0.25) is 5.89 Å². The molecule has 0 radical (unpaired) electrons. The van der Waals surface area contributed by atoms with Crippen molar-refractivity contribution in [2.75, 3.05) is 13.6 Å². The SMILES string of the molecule is CN(CCc1ccccc1)Cc1nc(Cc2cccc(C(F)(F)F)c2)no1. The van der Waals surface area contributed by atoms with Crippen LogP contribution in [0.25, 0.3) is 0 Å². The van der Waals surface area contributed by atoms with Crippen LogP contribution >= 0.6 is 0 Å². The maximum atomic E-state index is 12.8. The first-order valence-electron chi connectivity index (χ1n) is 8.60. The van der Waals surface area contributed by atoms with Gasteiger partial charge in [-0.1, -0.05) is 53.7 Å². The van der Waals surface area contributed by atoms with E-state index in [0.29, 0.717) is 23.8 Å². The Balaban J connectivity index is 1.55. The predicted molar refractivity (Wildman–Crippen MR) is 95.0 cm³/mol. The molecule has 0 atom stereocenters. The van der Waals surface area contributed by atoms with Crippen molar-refractivity contribution in [1.29, 1.82) is 0 Å². The lowest BCUT2D eigenvalue weighted by Gasteiger charge is -2.13. The summed E-state index contributed by atoms with van der Waals surface area (Å²) in [5.41, 5.74) is 1.07. The molecule has 0 saturated carbocycles. The molecule has 0 saturated heterocycles. The summed E-state index contributed by atoms with van der Waals surface area (Å²) in [6.45, 7) is 1.32. The topological polar surface area (TPSA) is 42.2 Å². The van der Waals surface area contributed by atoms with E-state index in [4.69, 9.17) is 4.52 Å². The molecule has 0 aliphatic heterocycles. The summed E-state index contributed by atoms with van der Waals surface area (Å²) in [7, 11) is 1.96. The van der Waals surface area contributed by atoms with Gasteiger partial charge in [-0.2, -0.15) is 18.2 Å².